The van der Waals surface area contributed by atoms with Crippen LogP contribution in [-0.4, -0.2) is 22.3 Å². The molecule has 0 aliphatic heterocycles. The van der Waals surface area contributed by atoms with Gasteiger partial charge >= 0.3 is 7.12 Å². The Labute approximate surface area is 73.2 Å². The van der Waals surface area contributed by atoms with E-state index in [1.165, 1.54) is 0 Å². The summed E-state index contributed by atoms with van der Waals surface area (Å²) in [7, 11) is -1.93. The Balaban J connectivity index is 3.27. The Kier molecular flexibility index (Phi) is 2.57. The van der Waals surface area contributed by atoms with Crippen molar-refractivity contribution < 1.29 is 19.5 Å². The monoisotopic (exact) mass is 190 g/mol. The standard InChI is InChI=1S/C6H5BClFO3/c8-5-4(10)2-1-3(6(5)9)7(11)12/h1-2,10-12H. The maximum Gasteiger partial charge on any atom is 0.491 e. The van der Waals surface area contributed by atoms with Crippen molar-refractivity contribution in [2.24, 2.45) is 0 Å². The van der Waals surface area contributed by atoms with Gasteiger partial charge in [0.25, 0.3) is 0 Å². The van der Waals surface area contributed by atoms with Crippen LogP contribution in [0.5, 0.6) is 5.75 Å². The van der Waals surface area contributed by atoms with E-state index < -0.39 is 23.7 Å². The first-order valence-corrected chi connectivity index (χ1v) is 3.45. The van der Waals surface area contributed by atoms with Gasteiger partial charge in [-0.2, -0.15) is 0 Å². The van der Waals surface area contributed by atoms with Gasteiger partial charge in [-0.3, -0.25) is 0 Å². The van der Waals surface area contributed by atoms with Crippen molar-refractivity contribution in [3.8, 4) is 5.75 Å². The molecule has 0 aliphatic carbocycles. The van der Waals surface area contributed by atoms with Gasteiger partial charge in [0.2, 0.25) is 0 Å². The zero-order chi connectivity index (χ0) is 9.30. The molecular weight excluding hydrogens is 185 g/mol. The minimum atomic E-state index is -1.93. The van der Waals surface area contributed by atoms with E-state index in [2.05, 4.69) is 0 Å². The molecule has 3 nitrogen and oxygen atoms in total. The molecule has 0 aliphatic rings. The lowest BCUT2D eigenvalue weighted by molar-refractivity contribution is 0.422. The van der Waals surface area contributed by atoms with E-state index in [9.17, 15) is 4.39 Å². The van der Waals surface area contributed by atoms with Crippen molar-refractivity contribution in [3.63, 3.8) is 0 Å². The quantitative estimate of drug-likeness (QED) is 0.540. The normalized spacial score (nSPS) is 10.0. The van der Waals surface area contributed by atoms with Crippen LogP contribution in [0.2, 0.25) is 5.02 Å². The number of rotatable bonds is 1. The lowest BCUT2D eigenvalue weighted by Gasteiger charge is -2.03. The van der Waals surface area contributed by atoms with E-state index in [0.29, 0.717) is 0 Å². The number of phenolic OH excluding ortho intramolecular Hbond substituents is 1. The van der Waals surface area contributed by atoms with Crippen LogP contribution < -0.4 is 5.46 Å². The van der Waals surface area contributed by atoms with E-state index in [-0.39, 0.29) is 5.46 Å². The Morgan fingerprint density at radius 3 is 2.42 bits per heavy atom. The predicted molar refractivity (Wildman–Crippen MR) is 42.9 cm³/mol. The Morgan fingerprint density at radius 1 is 1.33 bits per heavy atom. The van der Waals surface area contributed by atoms with Crippen LogP contribution in [0.25, 0.3) is 0 Å². The molecule has 0 spiro atoms. The number of hydrogen-bond donors (Lipinski definition) is 3. The third-order valence-corrected chi connectivity index (χ3v) is 1.73. The summed E-state index contributed by atoms with van der Waals surface area (Å²) in [5, 5.41) is 25.5. The molecule has 0 heterocycles. The van der Waals surface area contributed by atoms with Crippen LogP contribution in [0.4, 0.5) is 4.39 Å². The summed E-state index contributed by atoms with van der Waals surface area (Å²) in [6, 6.07) is 2.13. The zero-order valence-corrected chi connectivity index (χ0v) is 6.59. The Bertz CT molecular complexity index is 305. The van der Waals surface area contributed by atoms with Gasteiger partial charge in [-0.15, -0.1) is 0 Å². The first-order chi connectivity index (χ1) is 5.54. The molecule has 1 aromatic rings. The summed E-state index contributed by atoms with van der Waals surface area (Å²) in [5.41, 5.74) is -0.363. The molecule has 0 radical (unpaired) electrons. The Hall–Kier alpha value is -0.775. The van der Waals surface area contributed by atoms with Crippen molar-refractivity contribution in [2.45, 2.75) is 0 Å². The van der Waals surface area contributed by atoms with Gasteiger partial charge in [-0.05, 0) is 6.07 Å². The number of benzene rings is 1. The van der Waals surface area contributed by atoms with Crippen LogP contribution in [0.15, 0.2) is 12.1 Å². The summed E-state index contributed by atoms with van der Waals surface area (Å²) in [6.45, 7) is 0. The van der Waals surface area contributed by atoms with Gasteiger partial charge in [0.05, 0.1) is 0 Å². The lowest BCUT2D eigenvalue weighted by Crippen LogP contribution is -2.32. The fourth-order valence-corrected chi connectivity index (χ4v) is 0.926. The third-order valence-electron chi connectivity index (χ3n) is 1.37. The smallest absolute Gasteiger partial charge is 0.491 e. The summed E-state index contributed by atoms with van der Waals surface area (Å²) >= 11 is 5.28. The van der Waals surface area contributed by atoms with Crippen LogP contribution in [0.1, 0.15) is 0 Å². The van der Waals surface area contributed by atoms with Crippen molar-refractivity contribution >= 4 is 24.2 Å². The molecule has 0 unspecified atom stereocenters. The topological polar surface area (TPSA) is 60.7 Å². The fraction of sp³-hybridized carbons (Fsp3) is 0. The average molecular weight is 190 g/mol. The number of hydrogen-bond acceptors (Lipinski definition) is 3. The molecule has 0 saturated heterocycles. The van der Waals surface area contributed by atoms with Crippen molar-refractivity contribution in [1.82, 2.24) is 0 Å². The molecule has 0 atom stereocenters. The van der Waals surface area contributed by atoms with E-state index in [1.807, 2.05) is 0 Å². The van der Waals surface area contributed by atoms with Crippen molar-refractivity contribution in [2.75, 3.05) is 0 Å². The van der Waals surface area contributed by atoms with Gasteiger partial charge in [-0.1, -0.05) is 17.7 Å². The van der Waals surface area contributed by atoms with Gasteiger partial charge in [0.15, 0.2) is 0 Å². The Morgan fingerprint density at radius 2 is 1.92 bits per heavy atom. The van der Waals surface area contributed by atoms with Crippen LogP contribution >= 0.6 is 11.6 Å². The molecule has 0 saturated carbocycles. The second-order valence-electron chi connectivity index (χ2n) is 2.18. The van der Waals surface area contributed by atoms with E-state index in [4.69, 9.17) is 26.8 Å². The van der Waals surface area contributed by atoms with Gasteiger partial charge in [0.1, 0.15) is 16.6 Å². The first kappa shape index (κ1) is 9.31. The lowest BCUT2D eigenvalue weighted by atomic mass is 9.80. The number of phenols is 1. The second-order valence-corrected chi connectivity index (χ2v) is 2.55. The molecular formula is C6H5BClFO3. The summed E-state index contributed by atoms with van der Waals surface area (Å²) in [6.07, 6.45) is 0. The van der Waals surface area contributed by atoms with E-state index >= 15 is 0 Å². The molecule has 1 rings (SSSR count). The van der Waals surface area contributed by atoms with Gasteiger partial charge in [-0.25, -0.2) is 4.39 Å². The van der Waals surface area contributed by atoms with Crippen molar-refractivity contribution in [3.05, 3.63) is 23.0 Å². The largest absolute Gasteiger partial charge is 0.506 e. The molecule has 1 aromatic carbocycles. The van der Waals surface area contributed by atoms with Crippen LogP contribution in [0, 0.1) is 5.82 Å². The highest BCUT2D eigenvalue weighted by molar-refractivity contribution is 6.59. The summed E-state index contributed by atoms with van der Waals surface area (Å²) < 4.78 is 12.9. The van der Waals surface area contributed by atoms with Gasteiger partial charge in [0, 0.05) is 5.46 Å². The molecule has 0 fully saturated rings. The van der Waals surface area contributed by atoms with E-state index in [0.717, 1.165) is 12.1 Å². The van der Waals surface area contributed by atoms with Crippen molar-refractivity contribution in [1.29, 1.82) is 0 Å². The highest BCUT2D eigenvalue weighted by atomic mass is 35.5. The molecule has 0 aromatic heterocycles. The summed E-state index contributed by atoms with van der Waals surface area (Å²) in [4.78, 5) is 0. The second kappa shape index (κ2) is 3.31. The number of halogens is 2. The average Bonchev–Trinajstić information content (AvgIpc) is 2.00. The first-order valence-electron chi connectivity index (χ1n) is 3.07. The van der Waals surface area contributed by atoms with E-state index in [1.54, 1.807) is 0 Å². The molecule has 64 valence electrons. The molecule has 12 heavy (non-hydrogen) atoms. The minimum absolute atomic E-state index is 0.363. The number of aromatic hydroxyl groups is 1. The molecule has 0 amide bonds. The van der Waals surface area contributed by atoms with Crippen LogP contribution in [-0.2, 0) is 0 Å². The SMILES string of the molecule is OB(O)c1ccc(O)c(Cl)c1F. The maximum atomic E-state index is 12.9. The zero-order valence-electron chi connectivity index (χ0n) is 5.83. The maximum absolute atomic E-state index is 12.9. The van der Waals surface area contributed by atoms with Crippen LogP contribution in [0.3, 0.4) is 0 Å². The predicted octanol–water partition coefficient (Wildman–Crippen LogP) is -0.136. The highest BCUT2D eigenvalue weighted by Gasteiger charge is 2.20. The molecule has 3 N–H and O–H groups in total. The molecule has 6 heteroatoms. The minimum Gasteiger partial charge on any atom is -0.506 e. The fourth-order valence-electron chi connectivity index (χ4n) is 0.754. The highest BCUT2D eigenvalue weighted by Crippen LogP contribution is 2.23. The van der Waals surface area contributed by atoms with Gasteiger partial charge < -0.3 is 15.2 Å². The summed E-state index contributed by atoms with van der Waals surface area (Å²) in [5.74, 6) is -1.45. The molecule has 0 bridgehead atoms. The third kappa shape index (κ3) is 1.53.